The van der Waals surface area contributed by atoms with Crippen molar-refractivity contribution in [3.8, 4) is 11.5 Å². The van der Waals surface area contributed by atoms with Gasteiger partial charge in [0.1, 0.15) is 6.04 Å². The van der Waals surface area contributed by atoms with Crippen LogP contribution in [-0.2, 0) is 11.2 Å². The quantitative estimate of drug-likeness (QED) is 0.507. The molecule has 0 saturated heterocycles. The number of nitrogens with one attached hydrogen (secondary N) is 2. The van der Waals surface area contributed by atoms with Crippen LogP contribution in [0.4, 0.5) is 0 Å². The van der Waals surface area contributed by atoms with Crippen LogP contribution in [-0.4, -0.2) is 34.6 Å². The fraction of sp³-hybridized carbons (Fsp3) is 0.333. The van der Waals surface area contributed by atoms with Gasteiger partial charge in [0.25, 0.3) is 5.91 Å². The molecule has 0 spiro atoms. The Hall–Kier alpha value is -2.73. The fourth-order valence-electron chi connectivity index (χ4n) is 2.69. The first-order valence-electron chi connectivity index (χ1n) is 9.16. The lowest BCUT2D eigenvalue weighted by molar-refractivity contribution is -0.124. The number of halogens is 1. The van der Waals surface area contributed by atoms with E-state index in [9.17, 15) is 19.8 Å². The number of hydrogen-bond acceptors (Lipinski definition) is 4. The Bertz CT molecular complexity index is 824. The van der Waals surface area contributed by atoms with Gasteiger partial charge < -0.3 is 20.8 Å². The van der Waals surface area contributed by atoms with E-state index in [1.165, 1.54) is 12.1 Å². The van der Waals surface area contributed by atoms with E-state index < -0.39 is 6.04 Å². The molecule has 0 aromatic heterocycles. The first-order valence-corrected chi connectivity index (χ1v) is 9.54. The highest BCUT2D eigenvalue weighted by Crippen LogP contribution is 2.24. The van der Waals surface area contributed by atoms with Gasteiger partial charge in [-0.2, -0.15) is 0 Å². The molecule has 2 aromatic carbocycles. The van der Waals surface area contributed by atoms with E-state index in [1.807, 2.05) is 13.8 Å². The van der Waals surface area contributed by atoms with Crippen LogP contribution in [0.15, 0.2) is 42.5 Å². The number of amides is 2. The van der Waals surface area contributed by atoms with Crippen LogP contribution in [0, 0.1) is 5.92 Å². The first kappa shape index (κ1) is 21.6. The van der Waals surface area contributed by atoms with Gasteiger partial charge in [-0.15, -0.1) is 0 Å². The highest BCUT2D eigenvalue weighted by molar-refractivity contribution is 6.30. The van der Waals surface area contributed by atoms with E-state index in [-0.39, 0.29) is 29.2 Å². The number of phenolic OH excluding ortho intramolecular Hbond substituents is 2. The molecule has 150 valence electrons. The predicted octanol–water partition coefficient (Wildman–Crippen LogP) is 3.25. The van der Waals surface area contributed by atoms with E-state index in [0.717, 1.165) is 12.0 Å². The van der Waals surface area contributed by atoms with Crippen LogP contribution in [0.5, 0.6) is 11.5 Å². The van der Waals surface area contributed by atoms with E-state index in [1.54, 1.807) is 30.3 Å². The van der Waals surface area contributed by atoms with Crippen molar-refractivity contribution in [3.05, 3.63) is 58.6 Å². The van der Waals surface area contributed by atoms with Crippen molar-refractivity contribution in [1.82, 2.24) is 10.6 Å². The van der Waals surface area contributed by atoms with Gasteiger partial charge in [-0.25, -0.2) is 0 Å². The molecule has 2 amide bonds. The van der Waals surface area contributed by atoms with Crippen molar-refractivity contribution in [2.24, 2.45) is 5.92 Å². The maximum absolute atomic E-state index is 12.6. The fourth-order valence-corrected chi connectivity index (χ4v) is 2.82. The summed E-state index contributed by atoms with van der Waals surface area (Å²) in [6.07, 6.45) is 1.21. The van der Waals surface area contributed by atoms with Crippen molar-refractivity contribution in [1.29, 1.82) is 0 Å². The van der Waals surface area contributed by atoms with Crippen LogP contribution in [0.25, 0.3) is 0 Å². The zero-order chi connectivity index (χ0) is 20.7. The number of rotatable bonds is 8. The summed E-state index contributed by atoms with van der Waals surface area (Å²) in [7, 11) is 0. The standard InChI is InChI=1S/C21H25ClN2O4/c1-3-13(2)19(24-20(27)15-5-7-16(22)8-6-15)21(28)23-11-10-14-4-9-17(25)18(26)12-14/h4-9,12-13,19,25-26H,3,10-11H2,1-2H3,(H,23,28)(H,24,27). The smallest absolute Gasteiger partial charge is 0.251 e. The third-order valence-corrected chi connectivity index (χ3v) is 4.89. The molecule has 0 heterocycles. The molecular formula is C21H25ClN2O4. The van der Waals surface area contributed by atoms with Gasteiger partial charge >= 0.3 is 0 Å². The molecule has 0 bridgehead atoms. The normalized spacial score (nSPS) is 12.8. The Kier molecular flexibility index (Phi) is 7.70. The topological polar surface area (TPSA) is 98.7 Å². The van der Waals surface area contributed by atoms with E-state index >= 15 is 0 Å². The molecule has 0 aliphatic carbocycles. The lowest BCUT2D eigenvalue weighted by atomic mass is 9.97. The summed E-state index contributed by atoms with van der Waals surface area (Å²) in [6.45, 7) is 4.20. The second kappa shape index (κ2) is 9.99. The molecule has 0 radical (unpaired) electrons. The van der Waals surface area contributed by atoms with Crippen LogP contribution in [0.1, 0.15) is 36.2 Å². The van der Waals surface area contributed by atoms with Crippen LogP contribution in [0.3, 0.4) is 0 Å². The van der Waals surface area contributed by atoms with Gasteiger partial charge in [-0.3, -0.25) is 9.59 Å². The van der Waals surface area contributed by atoms with Crippen molar-refractivity contribution in [2.75, 3.05) is 6.54 Å². The molecule has 28 heavy (non-hydrogen) atoms. The van der Waals surface area contributed by atoms with Gasteiger partial charge in [0.15, 0.2) is 11.5 Å². The van der Waals surface area contributed by atoms with E-state index in [2.05, 4.69) is 10.6 Å². The number of aromatic hydroxyl groups is 2. The number of hydrogen-bond donors (Lipinski definition) is 4. The molecule has 2 rings (SSSR count). The van der Waals surface area contributed by atoms with Crippen molar-refractivity contribution in [3.63, 3.8) is 0 Å². The summed E-state index contributed by atoms with van der Waals surface area (Å²) in [6, 6.07) is 10.3. The maximum Gasteiger partial charge on any atom is 0.251 e. The van der Waals surface area contributed by atoms with Crippen LogP contribution in [0.2, 0.25) is 5.02 Å². The first-order chi connectivity index (χ1) is 13.3. The third kappa shape index (κ3) is 5.89. The van der Waals surface area contributed by atoms with Crippen molar-refractivity contribution < 1.29 is 19.8 Å². The third-order valence-electron chi connectivity index (χ3n) is 4.64. The minimum atomic E-state index is -0.665. The summed E-state index contributed by atoms with van der Waals surface area (Å²) in [5.74, 6) is -1.03. The van der Waals surface area contributed by atoms with Crippen LogP contribution < -0.4 is 10.6 Å². The summed E-state index contributed by atoms with van der Waals surface area (Å²) in [5, 5.41) is 25.0. The second-order valence-electron chi connectivity index (χ2n) is 6.71. The van der Waals surface area contributed by atoms with Crippen LogP contribution >= 0.6 is 11.6 Å². The molecule has 0 fully saturated rings. The number of benzene rings is 2. The second-order valence-corrected chi connectivity index (χ2v) is 7.14. The lowest BCUT2D eigenvalue weighted by Gasteiger charge is -2.23. The lowest BCUT2D eigenvalue weighted by Crippen LogP contribution is -2.50. The number of carbonyl (C=O) groups is 2. The summed E-state index contributed by atoms with van der Waals surface area (Å²) < 4.78 is 0. The molecule has 6 nitrogen and oxygen atoms in total. The molecule has 2 unspecified atom stereocenters. The van der Waals surface area contributed by atoms with Gasteiger partial charge in [-0.1, -0.05) is 37.9 Å². The number of carbonyl (C=O) groups excluding carboxylic acids is 2. The minimum Gasteiger partial charge on any atom is -0.504 e. The van der Waals surface area contributed by atoms with Crippen molar-refractivity contribution in [2.45, 2.75) is 32.7 Å². The monoisotopic (exact) mass is 404 g/mol. The average Bonchev–Trinajstić information content (AvgIpc) is 2.68. The van der Waals surface area contributed by atoms with Gasteiger partial charge in [0, 0.05) is 17.1 Å². The molecule has 2 atom stereocenters. The molecule has 0 saturated carbocycles. The molecule has 0 aliphatic heterocycles. The van der Waals surface area contributed by atoms with E-state index in [4.69, 9.17) is 11.6 Å². The molecule has 2 aromatic rings. The summed E-state index contributed by atoms with van der Waals surface area (Å²) in [4.78, 5) is 25.1. The largest absolute Gasteiger partial charge is 0.504 e. The molecule has 0 aliphatic rings. The Labute approximate surface area is 169 Å². The molecule has 7 heteroatoms. The van der Waals surface area contributed by atoms with Gasteiger partial charge in [-0.05, 0) is 54.3 Å². The highest BCUT2D eigenvalue weighted by atomic mass is 35.5. The van der Waals surface area contributed by atoms with Gasteiger partial charge in [0.05, 0.1) is 0 Å². The molecule has 4 N–H and O–H groups in total. The number of phenols is 2. The van der Waals surface area contributed by atoms with Gasteiger partial charge in [0.2, 0.25) is 5.91 Å². The highest BCUT2D eigenvalue weighted by Gasteiger charge is 2.26. The predicted molar refractivity (Wildman–Crippen MR) is 109 cm³/mol. The summed E-state index contributed by atoms with van der Waals surface area (Å²) in [5.41, 5.74) is 1.21. The Morgan fingerprint density at radius 1 is 1.07 bits per heavy atom. The van der Waals surface area contributed by atoms with E-state index in [0.29, 0.717) is 23.6 Å². The Morgan fingerprint density at radius 3 is 2.36 bits per heavy atom. The Balaban J connectivity index is 1.97. The van der Waals surface area contributed by atoms with Crippen molar-refractivity contribution >= 4 is 23.4 Å². The Morgan fingerprint density at radius 2 is 1.75 bits per heavy atom. The SMILES string of the molecule is CCC(C)C(NC(=O)c1ccc(Cl)cc1)C(=O)NCCc1ccc(O)c(O)c1. The maximum atomic E-state index is 12.6. The zero-order valence-electron chi connectivity index (χ0n) is 15.9. The average molecular weight is 405 g/mol. The zero-order valence-corrected chi connectivity index (χ0v) is 16.7. The summed E-state index contributed by atoms with van der Waals surface area (Å²) >= 11 is 5.85. The molecular weight excluding hydrogens is 380 g/mol. The minimum absolute atomic E-state index is 0.0473.